The summed E-state index contributed by atoms with van der Waals surface area (Å²) in [5.74, 6) is 0. The zero-order valence-electron chi connectivity index (χ0n) is 20.9. The molecule has 1 heterocycles. The third-order valence-electron chi connectivity index (χ3n) is 7.66. The maximum Gasteiger partial charge on any atom is 0.210 e. The van der Waals surface area contributed by atoms with Crippen LogP contribution in [0, 0.1) is 0 Å². The summed E-state index contributed by atoms with van der Waals surface area (Å²) in [6.45, 7) is 8.55. The number of hydrogen-bond donors (Lipinski definition) is 0. The Balaban J connectivity index is 1.65. The van der Waals surface area contributed by atoms with Crippen LogP contribution in [0.2, 0.25) is 0 Å². The molecule has 1 aliphatic heterocycles. The minimum absolute atomic E-state index is 0.332. The summed E-state index contributed by atoms with van der Waals surface area (Å²) < 4.78 is 28.1. The van der Waals surface area contributed by atoms with Gasteiger partial charge in [-0.05, 0) is 46.5 Å². The SMILES string of the molecule is CN1c2ccc(C(C)(C)c3ccccc3)cc2S(=O)(=O)c2cc(C(C)(C)c3ccccc3)ccc21. The highest BCUT2D eigenvalue weighted by Gasteiger charge is 2.36. The van der Waals surface area contributed by atoms with Crippen LogP contribution in [0.1, 0.15) is 49.9 Å². The van der Waals surface area contributed by atoms with Gasteiger partial charge in [-0.1, -0.05) is 100 Å². The van der Waals surface area contributed by atoms with Crippen molar-refractivity contribution in [1.29, 1.82) is 0 Å². The molecule has 3 nitrogen and oxygen atoms in total. The van der Waals surface area contributed by atoms with Gasteiger partial charge in [0.25, 0.3) is 0 Å². The van der Waals surface area contributed by atoms with Crippen molar-refractivity contribution in [3.05, 3.63) is 119 Å². The van der Waals surface area contributed by atoms with Crippen molar-refractivity contribution in [2.75, 3.05) is 11.9 Å². The fourth-order valence-electron chi connectivity index (χ4n) is 5.08. The molecule has 4 aromatic carbocycles. The second-order valence-electron chi connectivity index (χ2n) is 10.4. The zero-order chi connectivity index (χ0) is 25.0. The summed E-state index contributed by atoms with van der Waals surface area (Å²) in [4.78, 5) is 2.72. The van der Waals surface area contributed by atoms with Gasteiger partial charge < -0.3 is 4.90 Å². The molecule has 0 fully saturated rings. The second-order valence-corrected chi connectivity index (χ2v) is 12.3. The van der Waals surface area contributed by atoms with Crippen molar-refractivity contribution >= 4 is 21.2 Å². The molecule has 0 atom stereocenters. The first-order valence-corrected chi connectivity index (χ1v) is 13.4. The van der Waals surface area contributed by atoms with Crippen LogP contribution in [-0.2, 0) is 20.7 Å². The fraction of sp³-hybridized carbons (Fsp3) is 0.226. The van der Waals surface area contributed by atoms with Gasteiger partial charge in [0.1, 0.15) is 0 Å². The maximum atomic E-state index is 14.0. The Hall–Kier alpha value is -3.37. The number of anilines is 2. The van der Waals surface area contributed by atoms with Crippen LogP contribution in [0.25, 0.3) is 0 Å². The molecule has 5 rings (SSSR count). The number of hydrogen-bond acceptors (Lipinski definition) is 3. The van der Waals surface area contributed by atoms with Crippen molar-refractivity contribution in [3.8, 4) is 0 Å². The van der Waals surface area contributed by atoms with Gasteiger partial charge in [-0.25, -0.2) is 8.42 Å². The monoisotopic (exact) mass is 481 g/mol. The fourth-order valence-corrected chi connectivity index (χ4v) is 6.84. The minimum Gasteiger partial charge on any atom is -0.342 e. The Bertz CT molecular complexity index is 1400. The van der Waals surface area contributed by atoms with E-state index in [1.807, 2.05) is 72.6 Å². The number of fused-ring (bicyclic) bond motifs is 2. The van der Waals surface area contributed by atoms with Crippen molar-refractivity contribution in [2.45, 2.75) is 48.3 Å². The van der Waals surface area contributed by atoms with Crippen molar-refractivity contribution in [2.24, 2.45) is 0 Å². The van der Waals surface area contributed by atoms with Crippen molar-refractivity contribution < 1.29 is 8.42 Å². The van der Waals surface area contributed by atoms with E-state index >= 15 is 0 Å². The maximum absolute atomic E-state index is 14.0. The Labute approximate surface area is 209 Å². The highest BCUT2D eigenvalue weighted by Crippen LogP contribution is 2.47. The van der Waals surface area contributed by atoms with E-state index in [1.54, 1.807) is 0 Å². The normalized spacial score (nSPS) is 14.8. The lowest BCUT2D eigenvalue weighted by Crippen LogP contribution is -2.26. The summed E-state index contributed by atoms with van der Waals surface area (Å²) in [6, 6.07) is 32.2. The highest BCUT2D eigenvalue weighted by molar-refractivity contribution is 7.92. The summed E-state index contributed by atoms with van der Waals surface area (Å²) in [5, 5.41) is 0. The van der Waals surface area contributed by atoms with Gasteiger partial charge >= 0.3 is 0 Å². The molecular formula is C31H31NO2S. The number of sulfone groups is 1. The Morgan fingerprint density at radius 1 is 0.543 bits per heavy atom. The lowest BCUT2D eigenvalue weighted by atomic mass is 9.78. The average Bonchev–Trinajstić information content (AvgIpc) is 2.88. The Kier molecular flexibility index (Phi) is 5.41. The van der Waals surface area contributed by atoms with E-state index in [0.29, 0.717) is 21.2 Å². The highest BCUT2D eigenvalue weighted by atomic mass is 32.2. The van der Waals surface area contributed by atoms with E-state index in [2.05, 4.69) is 64.1 Å². The molecule has 0 aromatic heterocycles. The molecule has 0 N–H and O–H groups in total. The summed E-state index contributed by atoms with van der Waals surface area (Å²) in [5.41, 5.74) is 5.00. The molecule has 0 radical (unpaired) electrons. The first kappa shape index (κ1) is 23.4. The zero-order valence-corrected chi connectivity index (χ0v) is 21.7. The smallest absolute Gasteiger partial charge is 0.210 e. The van der Waals surface area contributed by atoms with Crippen molar-refractivity contribution in [3.63, 3.8) is 0 Å². The standard InChI is InChI=1S/C31H31NO2S/c1-30(2,22-12-8-6-9-13-22)24-16-18-26-28(20-24)35(33,34)29-21-25(17-19-27(29)32(26)5)31(3,4)23-14-10-7-11-15-23/h6-21H,1-5H3. The van der Waals surface area contributed by atoms with E-state index in [4.69, 9.17) is 0 Å². The molecule has 0 amide bonds. The van der Waals surface area contributed by atoms with Gasteiger partial charge in [-0.2, -0.15) is 0 Å². The molecule has 4 heteroatoms. The van der Waals surface area contributed by atoms with Gasteiger partial charge in [0, 0.05) is 17.9 Å². The largest absolute Gasteiger partial charge is 0.342 e. The van der Waals surface area contributed by atoms with Crippen LogP contribution in [0.3, 0.4) is 0 Å². The van der Waals surface area contributed by atoms with E-state index in [9.17, 15) is 8.42 Å². The van der Waals surface area contributed by atoms with E-state index in [-0.39, 0.29) is 10.8 Å². The van der Waals surface area contributed by atoms with Crippen LogP contribution in [-0.4, -0.2) is 15.5 Å². The summed E-state index contributed by atoms with van der Waals surface area (Å²) in [6.07, 6.45) is 0. The van der Waals surface area contributed by atoms with Gasteiger partial charge in [0.05, 0.1) is 21.2 Å². The van der Waals surface area contributed by atoms with Gasteiger partial charge in [0.2, 0.25) is 9.84 Å². The molecule has 0 aliphatic carbocycles. The third-order valence-corrected chi connectivity index (χ3v) is 9.47. The lowest BCUT2D eigenvalue weighted by Gasteiger charge is -2.34. The topological polar surface area (TPSA) is 37.4 Å². The first-order chi connectivity index (χ1) is 16.5. The van der Waals surface area contributed by atoms with Gasteiger partial charge in [-0.3, -0.25) is 0 Å². The molecule has 178 valence electrons. The molecule has 0 saturated carbocycles. The van der Waals surface area contributed by atoms with Crippen LogP contribution >= 0.6 is 0 Å². The second kappa shape index (κ2) is 8.10. The molecular weight excluding hydrogens is 450 g/mol. The van der Waals surface area contributed by atoms with Crippen LogP contribution < -0.4 is 4.90 Å². The number of rotatable bonds is 4. The Morgan fingerprint density at radius 3 is 1.29 bits per heavy atom. The molecule has 35 heavy (non-hydrogen) atoms. The van der Waals surface area contributed by atoms with Crippen LogP contribution in [0.15, 0.2) is 107 Å². The number of benzene rings is 4. The minimum atomic E-state index is -3.71. The van der Waals surface area contributed by atoms with Crippen LogP contribution in [0.4, 0.5) is 11.4 Å². The molecule has 0 bridgehead atoms. The van der Waals surface area contributed by atoms with E-state index < -0.39 is 9.84 Å². The third kappa shape index (κ3) is 3.68. The van der Waals surface area contributed by atoms with Gasteiger partial charge in [-0.15, -0.1) is 0 Å². The molecule has 0 unspecified atom stereocenters. The molecule has 0 saturated heterocycles. The van der Waals surface area contributed by atoms with E-state index in [0.717, 1.165) is 22.3 Å². The number of nitrogens with zero attached hydrogens (tertiary/aromatic N) is 1. The lowest BCUT2D eigenvalue weighted by molar-refractivity contribution is 0.591. The van der Waals surface area contributed by atoms with E-state index in [1.165, 1.54) is 0 Å². The molecule has 1 aliphatic rings. The van der Waals surface area contributed by atoms with Gasteiger partial charge in [0.15, 0.2) is 0 Å². The average molecular weight is 482 g/mol. The Morgan fingerprint density at radius 2 is 0.914 bits per heavy atom. The summed E-state index contributed by atoms with van der Waals surface area (Å²) >= 11 is 0. The summed E-state index contributed by atoms with van der Waals surface area (Å²) in [7, 11) is -1.77. The molecule has 4 aromatic rings. The molecule has 0 spiro atoms. The van der Waals surface area contributed by atoms with Crippen molar-refractivity contribution in [1.82, 2.24) is 0 Å². The predicted molar refractivity (Wildman–Crippen MR) is 144 cm³/mol. The quantitative estimate of drug-likeness (QED) is 0.308. The predicted octanol–water partition coefficient (Wildman–Crippen LogP) is 7.25. The van der Waals surface area contributed by atoms with Crippen LogP contribution in [0.5, 0.6) is 0 Å². The first-order valence-electron chi connectivity index (χ1n) is 11.9.